The zero-order chi connectivity index (χ0) is 11.5. The number of esters is 1. The van der Waals surface area contributed by atoms with Gasteiger partial charge in [0.1, 0.15) is 5.60 Å². The molecule has 0 amide bonds. The zero-order valence-electron chi connectivity index (χ0n) is 8.73. The third kappa shape index (κ3) is 2.64. The van der Waals surface area contributed by atoms with Crippen LogP contribution >= 0.6 is 0 Å². The molecule has 0 radical (unpaired) electrons. The van der Waals surface area contributed by atoms with Crippen molar-refractivity contribution < 1.29 is 24.2 Å². The van der Waals surface area contributed by atoms with Crippen LogP contribution in [0.4, 0.5) is 0 Å². The van der Waals surface area contributed by atoms with E-state index >= 15 is 0 Å². The monoisotopic (exact) mass is 214 g/mol. The van der Waals surface area contributed by atoms with Crippen LogP contribution in [0, 0.1) is 0 Å². The highest BCUT2D eigenvalue weighted by molar-refractivity contribution is 5.91. The highest BCUT2D eigenvalue weighted by atomic mass is 16.5. The largest absolute Gasteiger partial charge is 0.469 e. The molecule has 0 aliphatic heterocycles. The SMILES string of the molecule is COC(=O)CC1(O)C=CC(=O)CC1OC. The highest BCUT2D eigenvalue weighted by Crippen LogP contribution is 2.27. The van der Waals surface area contributed by atoms with Gasteiger partial charge in [0, 0.05) is 13.5 Å². The summed E-state index contributed by atoms with van der Waals surface area (Å²) in [6.45, 7) is 0. The summed E-state index contributed by atoms with van der Waals surface area (Å²) in [7, 11) is 2.63. The van der Waals surface area contributed by atoms with Crippen LogP contribution in [-0.2, 0) is 19.1 Å². The molecule has 0 aromatic rings. The van der Waals surface area contributed by atoms with Crippen molar-refractivity contribution in [3.8, 4) is 0 Å². The molecule has 84 valence electrons. The van der Waals surface area contributed by atoms with Crippen LogP contribution in [0.2, 0.25) is 0 Å². The number of carbonyl (C=O) groups is 2. The number of rotatable bonds is 3. The quantitative estimate of drug-likeness (QED) is 0.660. The van der Waals surface area contributed by atoms with Crippen molar-refractivity contribution in [2.24, 2.45) is 0 Å². The Morgan fingerprint density at radius 1 is 1.67 bits per heavy atom. The van der Waals surface area contributed by atoms with Gasteiger partial charge >= 0.3 is 5.97 Å². The molecule has 0 bridgehead atoms. The van der Waals surface area contributed by atoms with Crippen LogP contribution in [-0.4, -0.2) is 42.8 Å². The second kappa shape index (κ2) is 4.55. The van der Waals surface area contributed by atoms with E-state index < -0.39 is 17.7 Å². The summed E-state index contributed by atoms with van der Waals surface area (Å²) in [6, 6.07) is 0. The molecule has 1 rings (SSSR count). The predicted octanol–water partition coefficient (Wildman–Crippen LogP) is -0.175. The van der Waals surface area contributed by atoms with Crippen molar-refractivity contribution in [2.75, 3.05) is 14.2 Å². The van der Waals surface area contributed by atoms with Gasteiger partial charge < -0.3 is 14.6 Å². The Kier molecular flexibility index (Phi) is 3.60. The van der Waals surface area contributed by atoms with E-state index in [0.717, 1.165) is 0 Å². The number of ketones is 1. The summed E-state index contributed by atoms with van der Waals surface area (Å²) in [6.07, 6.45) is 1.71. The Hall–Kier alpha value is -1.20. The van der Waals surface area contributed by atoms with E-state index in [1.54, 1.807) is 0 Å². The number of hydrogen-bond donors (Lipinski definition) is 1. The topological polar surface area (TPSA) is 72.8 Å². The second-order valence-corrected chi connectivity index (χ2v) is 3.47. The van der Waals surface area contributed by atoms with Gasteiger partial charge in [-0.05, 0) is 12.2 Å². The molecule has 1 N–H and O–H groups in total. The maximum absolute atomic E-state index is 11.1. The fraction of sp³-hybridized carbons (Fsp3) is 0.600. The van der Waals surface area contributed by atoms with Crippen LogP contribution in [0.25, 0.3) is 0 Å². The molecule has 0 aromatic carbocycles. The van der Waals surface area contributed by atoms with Crippen molar-refractivity contribution in [1.82, 2.24) is 0 Å². The Balaban J connectivity index is 2.83. The number of carbonyl (C=O) groups excluding carboxylic acids is 2. The van der Waals surface area contributed by atoms with Crippen molar-refractivity contribution in [3.05, 3.63) is 12.2 Å². The van der Waals surface area contributed by atoms with Gasteiger partial charge in [0.2, 0.25) is 0 Å². The Bertz CT molecular complexity index is 296. The van der Waals surface area contributed by atoms with Gasteiger partial charge in [-0.15, -0.1) is 0 Å². The lowest BCUT2D eigenvalue weighted by atomic mass is 9.84. The van der Waals surface area contributed by atoms with Crippen LogP contribution < -0.4 is 0 Å². The molecular weight excluding hydrogens is 200 g/mol. The third-order valence-corrected chi connectivity index (χ3v) is 2.44. The minimum absolute atomic E-state index is 0.0699. The Labute approximate surface area is 87.7 Å². The third-order valence-electron chi connectivity index (χ3n) is 2.44. The lowest BCUT2D eigenvalue weighted by Gasteiger charge is -2.33. The molecule has 5 heteroatoms. The van der Waals surface area contributed by atoms with E-state index in [0.29, 0.717) is 0 Å². The molecule has 2 atom stereocenters. The average molecular weight is 214 g/mol. The molecule has 0 saturated carbocycles. The molecule has 0 spiro atoms. The smallest absolute Gasteiger partial charge is 0.308 e. The Morgan fingerprint density at radius 2 is 2.33 bits per heavy atom. The number of allylic oxidation sites excluding steroid dienone is 1. The normalized spacial score (nSPS) is 30.3. The molecule has 1 aliphatic rings. The first-order chi connectivity index (χ1) is 7.01. The molecule has 15 heavy (non-hydrogen) atoms. The van der Waals surface area contributed by atoms with Gasteiger partial charge in [-0.3, -0.25) is 9.59 Å². The first kappa shape index (κ1) is 11.9. The van der Waals surface area contributed by atoms with Crippen LogP contribution in [0.3, 0.4) is 0 Å². The molecule has 0 fully saturated rings. The van der Waals surface area contributed by atoms with Crippen molar-refractivity contribution >= 4 is 11.8 Å². The first-order valence-electron chi connectivity index (χ1n) is 4.56. The van der Waals surface area contributed by atoms with Gasteiger partial charge in [0.05, 0.1) is 19.6 Å². The molecule has 0 heterocycles. The van der Waals surface area contributed by atoms with Gasteiger partial charge in [0.25, 0.3) is 0 Å². The fourth-order valence-electron chi connectivity index (χ4n) is 1.54. The van der Waals surface area contributed by atoms with Gasteiger partial charge in [0.15, 0.2) is 5.78 Å². The van der Waals surface area contributed by atoms with Gasteiger partial charge in [-0.1, -0.05) is 0 Å². The van der Waals surface area contributed by atoms with E-state index in [9.17, 15) is 14.7 Å². The minimum Gasteiger partial charge on any atom is -0.469 e. The lowest BCUT2D eigenvalue weighted by Crippen LogP contribution is -2.47. The lowest BCUT2D eigenvalue weighted by molar-refractivity contribution is -0.152. The van der Waals surface area contributed by atoms with E-state index in [1.807, 2.05) is 0 Å². The average Bonchev–Trinajstić information content (AvgIpc) is 2.21. The maximum Gasteiger partial charge on any atom is 0.308 e. The maximum atomic E-state index is 11.1. The standard InChI is InChI=1S/C10H14O5/c1-14-8-5-7(11)3-4-10(8,13)6-9(12)15-2/h3-4,8,13H,5-6H2,1-2H3. The van der Waals surface area contributed by atoms with E-state index in [4.69, 9.17) is 4.74 Å². The number of aliphatic hydroxyl groups is 1. The summed E-state index contributed by atoms with van der Waals surface area (Å²) in [5.41, 5.74) is -1.45. The van der Waals surface area contributed by atoms with Crippen LogP contribution in [0.15, 0.2) is 12.2 Å². The molecule has 1 aliphatic carbocycles. The fourth-order valence-corrected chi connectivity index (χ4v) is 1.54. The Morgan fingerprint density at radius 3 is 2.87 bits per heavy atom. The molecule has 2 unspecified atom stereocenters. The molecule has 5 nitrogen and oxygen atoms in total. The number of methoxy groups -OCH3 is 2. The van der Waals surface area contributed by atoms with Crippen LogP contribution in [0.1, 0.15) is 12.8 Å². The second-order valence-electron chi connectivity index (χ2n) is 3.47. The van der Waals surface area contributed by atoms with Gasteiger partial charge in [-0.25, -0.2) is 0 Å². The van der Waals surface area contributed by atoms with E-state index in [2.05, 4.69) is 4.74 Å². The zero-order valence-corrected chi connectivity index (χ0v) is 8.73. The predicted molar refractivity (Wildman–Crippen MR) is 51.1 cm³/mol. The number of hydrogen-bond acceptors (Lipinski definition) is 5. The molecule has 0 aromatic heterocycles. The molecule has 0 saturated heterocycles. The van der Waals surface area contributed by atoms with Gasteiger partial charge in [-0.2, -0.15) is 0 Å². The van der Waals surface area contributed by atoms with Crippen molar-refractivity contribution in [1.29, 1.82) is 0 Å². The van der Waals surface area contributed by atoms with Crippen LogP contribution in [0.5, 0.6) is 0 Å². The van der Waals surface area contributed by atoms with Crippen molar-refractivity contribution in [2.45, 2.75) is 24.5 Å². The number of ether oxygens (including phenoxy) is 2. The summed E-state index contributed by atoms with van der Waals surface area (Å²) in [4.78, 5) is 22.2. The van der Waals surface area contributed by atoms with E-state index in [1.165, 1.54) is 26.4 Å². The summed E-state index contributed by atoms with van der Waals surface area (Å²) >= 11 is 0. The highest BCUT2D eigenvalue weighted by Gasteiger charge is 2.40. The minimum atomic E-state index is -1.45. The van der Waals surface area contributed by atoms with Crippen molar-refractivity contribution in [3.63, 3.8) is 0 Å². The summed E-state index contributed by atoms with van der Waals surface area (Å²) < 4.78 is 9.46. The molecular formula is C10H14O5. The van der Waals surface area contributed by atoms with E-state index in [-0.39, 0.29) is 18.6 Å². The summed E-state index contributed by atoms with van der Waals surface area (Å²) in [5.74, 6) is -0.671. The first-order valence-corrected chi connectivity index (χ1v) is 4.56. The summed E-state index contributed by atoms with van der Waals surface area (Å²) in [5, 5.41) is 10.1.